The van der Waals surface area contributed by atoms with Crippen LogP contribution in [0, 0.1) is 0 Å². The van der Waals surface area contributed by atoms with Crippen LogP contribution in [0.1, 0.15) is 25.7 Å². The lowest BCUT2D eigenvalue weighted by Gasteiger charge is -2.35. The van der Waals surface area contributed by atoms with Crippen LogP contribution < -0.4 is 4.74 Å². The molecule has 2 heterocycles. The number of rotatable bonds is 2. The molecule has 1 aromatic rings. The van der Waals surface area contributed by atoms with Crippen LogP contribution >= 0.6 is 0 Å². The van der Waals surface area contributed by atoms with Crippen molar-refractivity contribution in [1.82, 2.24) is 10.2 Å². The van der Waals surface area contributed by atoms with Gasteiger partial charge in [0.05, 0.1) is 13.2 Å². The van der Waals surface area contributed by atoms with E-state index in [1.54, 1.807) is 6.20 Å². The predicted octanol–water partition coefficient (Wildman–Crippen LogP) is 1.54. The van der Waals surface area contributed by atoms with Crippen LogP contribution in [-0.2, 0) is 9.47 Å². The smallest absolute Gasteiger partial charge is 0.233 e. The largest absolute Gasteiger partial charge is 0.473 e. The SMILES string of the molecule is c1cnnc(OC2CCC3(CC2)OCCO3)c1. The lowest BCUT2D eigenvalue weighted by Crippen LogP contribution is -2.38. The van der Waals surface area contributed by atoms with Crippen molar-refractivity contribution in [2.24, 2.45) is 0 Å². The first kappa shape index (κ1) is 10.9. The van der Waals surface area contributed by atoms with Gasteiger partial charge in [0.2, 0.25) is 5.88 Å². The number of hydrogen-bond acceptors (Lipinski definition) is 5. The Morgan fingerprint density at radius 1 is 1.24 bits per heavy atom. The maximum Gasteiger partial charge on any atom is 0.233 e. The van der Waals surface area contributed by atoms with Crippen molar-refractivity contribution >= 4 is 0 Å². The van der Waals surface area contributed by atoms with Crippen LogP contribution in [0.5, 0.6) is 5.88 Å². The molecule has 92 valence electrons. The predicted molar refractivity (Wildman–Crippen MR) is 59.6 cm³/mol. The molecule has 2 fully saturated rings. The molecule has 5 heteroatoms. The summed E-state index contributed by atoms with van der Waals surface area (Å²) in [5.41, 5.74) is 0. The number of ether oxygens (including phenoxy) is 3. The summed E-state index contributed by atoms with van der Waals surface area (Å²) < 4.78 is 17.1. The average Bonchev–Trinajstić information content (AvgIpc) is 2.83. The van der Waals surface area contributed by atoms with Crippen molar-refractivity contribution < 1.29 is 14.2 Å². The van der Waals surface area contributed by atoms with Crippen molar-refractivity contribution in [3.63, 3.8) is 0 Å². The Bertz CT molecular complexity index is 355. The van der Waals surface area contributed by atoms with Crippen LogP contribution in [0.3, 0.4) is 0 Å². The summed E-state index contributed by atoms with van der Waals surface area (Å²) in [6.45, 7) is 1.44. The Balaban J connectivity index is 1.55. The van der Waals surface area contributed by atoms with Gasteiger partial charge < -0.3 is 14.2 Å². The lowest BCUT2D eigenvalue weighted by molar-refractivity contribution is -0.186. The van der Waals surface area contributed by atoms with Crippen molar-refractivity contribution in [2.45, 2.75) is 37.6 Å². The molecule has 2 aliphatic rings. The Kier molecular flexibility index (Phi) is 2.94. The summed E-state index contributed by atoms with van der Waals surface area (Å²) in [4.78, 5) is 0. The topological polar surface area (TPSA) is 53.5 Å². The highest BCUT2D eigenvalue weighted by molar-refractivity contribution is 5.06. The van der Waals surface area contributed by atoms with E-state index < -0.39 is 0 Å². The zero-order valence-electron chi connectivity index (χ0n) is 9.67. The summed E-state index contributed by atoms with van der Waals surface area (Å²) in [7, 11) is 0. The minimum Gasteiger partial charge on any atom is -0.473 e. The van der Waals surface area contributed by atoms with E-state index in [2.05, 4.69) is 10.2 Å². The zero-order valence-corrected chi connectivity index (χ0v) is 9.67. The molecule has 1 aromatic heterocycles. The third-order valence-electron chi connectivity index (χ3n) is 3.34. The molecule has 0 amide bonds. The summed E-state index contributed by atoms with van der Waals surface area (Å²) in [6, 6.07) is 3.66. The van der Waals surface area contributed by atoms with E-state index in [0.29, 0.717) is 5.88 Å². The van der Waals surface area contributed by atoms with Gasteiger partial charge in [-0.05, 0) is 18.9 Å². The summed E-state index contributed by atoms with van der Waals surface area (Å²) in [5, 5.41) is 7.72. The molecule has 3 rings (SSSR count). The van der Waals surface area contributed by atoms with E-state index in [4.69, 9.17) is 14.2 Å². The first-order valence-corrected chi connectivity index (χ1v) is 6.09. The quantitative estimate of drug-likeness (QED) is 0.779. The Morgan fingerprint density at radius 2 is 2.00 bits per heavy atom. The molecule has 5 nitrogen and oxygen atoms in total. The number of nitrogens with zero attached hydrogens (tertiary/aromatic N) is 2. The molecular weight excluding hydrogens is 220 g/mol. The maximum atomic E-state index is 5.77. The molecule has 1 spiro atoms. The van der Waals surface area contributed by atoms with Crippen LogP contribution in [0.15, 0.2) is 18.3 Å². The first-order chi connectivity index (χ1) is 8.36. The van der Waals surface area contributed by atoms with Crippen LogP contribution in [0.25, 0.3) is 0 Å². The second kappa shape index (κ2) is 4.58. The third-order valence-corrected chi connectivity index (χ3v) is 3.34. The van der Waals surface area contributed by atoms with E-state index in [1.807, 2.05) is 12.1 Å². The highest BCUT2D eigenvalue weighted by Crippen LogP contribution is 2.36. The summed E-state index contributed by atoms with van der Waals surface area (Å²) in [5.74, 6) is 0.282. The molecule has 0 radical (unpaired) electrons. The molecule has 1 aliphatic heterocycles. The fourth-order valence-electron chi connectivity index (χ4n) is 2.46. The molecule has 0 N–H and O–H groups in total. The van der Waals surface area contributed by atoms with Gasteiger partial charge in [0.15, 0.2) is 5.79 Å². The van der Waals surface area contributed by atoms with E-state index in [0.717, 1.165) is 38.9 Å². The minimum atomic E-state index is -0.317. The summed E-state index contributed by atoms with van der Waals surface area (Å²) in [6.07, 6.45) is 5.52. The standard InChI is InChI=1S/C12H16N2O3/c1-2-11(14-13-7-1)17-10-3-5-12(6-4-10)15-8-9-16-12/h1-2,7,10H,3-6,8-9H2. The third kappa shape index (κ3) is 2.40. The lowest BCUT2D eigenvalue weighted by atomic mass is 9.92. The van der Waals surface area contributed by atoms with Crippen LogP contribution in [0.2, 0.25) is 0 Å². The van der Waals surface area contributed by atoms with Crippen LogP contribution in [-0.4, -0.2) is 35.3 Å². The van der Waals surface area contributed by atoms with Gasteiger partial charge in [-0.15, -0.1) is 5.10 Å². The molecular formula is C12H16N2O3. The van der Waals surface area contributed by atoms with Gasteiger partial charge in [-0.1, -0.05) is 0 Å². The van der Waals surface area contributed by atoms with E-state index in [1.165, 1.54) is 0 Å². The monoisotopic (exact) mass is 236 g/mol. The average molecular weight is 236 g/mol. The van der Waals surface area contributed by atoms with E-state index in [-0.39, 0.29) is 11.9 Å². The van der Waals surface area contributed by atoms with Gasteiger partial charge in [-0.2, -0.15) is 5.10 Å². The van der Waals surface area contributed by atoms with Crippen molar-refractivity contribution in [3.8, 4) is 5.88 Å². The zero-order chi connectivity index (χ0) is 11.6. The van der Waals surface area contributed by atoms with Gasteiger partial charge in [-0.25, -0.2) is 0 Å². The molecule has 17 heavy (non-hydrogen) atoms. The first-order valence-electron chi connectivity index (χ1n) is 6.09. The van der Waals surface area contributed by atoms with Gasteiger partial charge in [0.1, 0.15) is 6.10 Å². The Labute approximate surface area is 100 Å². The summed E-state index contributed by atoms with van der Waals surface area (Å²) >= 11 is 0. The molecule has 1 saturated heterocycles. The Hall–Kier alpha value is -1.20. The normalized spacial score (nSPS) is 24.0. The van der Waals surface area contributed by atoms with E-state index in [9.17, 15) is 0 Å². The second-order valence-electron chi connectivity index (χ2n) is 4.49. The van der Waals surface area contributed by atoms with Crippen molar-refractivity contribution in [2.75, 3.05) is 13.2 Å². The fourth-order valence-corrected chi connectivity index (χ4v) is 2.46. The van der Waals surface area contributed by atoms with Crippen LogP contribution in [0.4, 0.5) is 0 Å². The molecule has 0 bridgehead atoms. The number of aromatic nitrogens is 2. The van der Waals surface area contributed by atoms with Crippen molar-refractivity contribution in [3.05, 3.63) is 18.3 Å². The van der Waals surface area contributed by atoms with Gasteiger partial charge in [0.25, 0.3) is 0 Å². The van der Waals surface area contributed by atoms with Gasteiger partial charge in [0, 0.05) is 25.1 Å². The van der Waals surface area contributed by atoms with Gasteiger partial charge in [-0.3, -0.25) is 0 Å². The minimum absolute atomic E-state index is 0.199. The molecule has 0 aromatic carbocycles. The highest BCUT2D eigenvalue weighted by atomic mass is 16.7. The highest BCUT2D eigenvalue weighted by Gasteiger charge is 2.40. The molecule has 1 saturated carbocycles. The molecule has 0 atom stereocenters. The fraction of sp³-hybridized carbons (Fsp3) is 0.667. The number of hydrogen-bond donors (Lipinski definition) is 0. The Morgan fingerprint density at radius 3 is 2.65 bits per heavy atom. The maximum absolute atomic E-state index is 5.77. The van der Waals surface area contributed by atoms with Crippen molar-refractivity contribution in [1.29, 1.82) is 0 Å². The van der Waals surface area contributed by atoms with E-state index >= 15 is 0 Å². The second-order valence-corrected chi connectivity index (χ2v) is 4.49. The molecule has 1 aliphatic carbocycles. The van der Waals surface area contributed by atoms with Gasteiger partial charge >= 0.3 is 0 Å². The molecule has 0 unspecified atom stereocenters.